The summed E-state index contributed by atoms with van der Waals surface area (Å²) in [6.07, 6.45) is 3.51. The highest BCUT2D eigenvalue weighted by Crippen LogP contribution is 2.38. The number of carbonyl (C=O) groups excluding carboxylic acids is 1. The molecular weight excluding hydrogens is 438 g/mol. The molecule has 178 valence electrons. The van der Waals surface area contributed by atoms with Crippen molar-refractivity contribution in [2.75, 3.05) is 24.2 Å². The lowest BCUT2D eigenvalue weighted by Crippen LogP contribution is -2.18. The molecule has 0 fully saturated rings. The molecule has 0 unspecified atom stereocenters. The molecule has 3 aliphatic rings. The molecule has 0 radical (unpaired) electrons. The first-order chi connectivity index (χ1) is 16.7. The first kappa shape index (κ1) is 22.7. The Hall–Kier alpha value is -4.07. The minimum atomic E-state index is -0.230. The van der Waals surface area contributed by atoms with Crippen LogP contribution in [0.5, 0.6) is 0 Å². The topological polar surface area (TPSA) is 97.1 Å². The largest absolute Gasteiger partial charge is 0.369 e. The van der Waals surface area contributed by atoms with Gasteiger partial charge in [0.05, 0.1) is 0 Å². The summed E-state index contributed by atoms with van der Waals surface area (Å²) in [5, 5.41) is 6.53. The number of anilines is 2. The van der Waals surface area contributed by atoms with E-state index in [2.05, 4.69) is 68.9 Å². The van der Waals surface area contributed by atoms with E-state index in [1.165, 1.54) is 0 Å². The first-order valence-corrected chi connectivity index (χ1v) is 11.7. The number of aryl methyl sites for hydroxylation is 1. The Kier molecular flexibility index (Phi) is 5.59. The fourth-order valence-electron chi connectivity index (χ4n) is 4.38. The molecule has 3 aliphatic heterocycles. The molecule has 0 aliphatic carbocycles. The maximum Gasteiger partial charge on any atom is 0.274 e. The van der Waals surface area contributed by atoms with Crippen LogP contribution >= 0.6 is 0 Å². The Morgan fingerprint density at radius 2 is 1.94 bits per heavy atom. The van der Waals surface area contributed by atoms with Crippen LogP contribution in [0.2, 0.25) is 0 Å². The lowest BCUT2D eigenvalue weighted by Gasteiger charge is -2.19. The van der Waals surface area contributed by atoms with Crippen molar-refractivity contribution in [3.05, 3.63) is 71.2 Å². The fraction of sp³-hybridized carbons (Fsp3) is 0.296. The van der Waals surface area contributed by atoms with Crippen LogP contribution in [0.1, 0.15) is 42.4 Å². The molecule has 8 nitrogen and oxygen atoms in total. The molecule has 4 heterocycles. The fourth-order valence-corrected chi connectivity index (χ4v) is 4.38. The van der Waals surface area contributed by atoms with Gasteiger partial charge in [-0.3, -0.25) is 14.8 Å². The number of pyridine rings is 2. The van der Waals surface area contributed by atoms with Gasteiger partial charge in [-0.2, -0.15) is 4.98 Å². The van der Waals surface area contributed by atoms with Gasteiger partial charge in [0.1, 0.15) is 17.3 Å². The Morgan fingerprint density at radius 3 is 2.71 bits per heavy atom. The standard InChI is InChI=1S/C27H29N7O/c1-16-6-7-19(32-25(35)22-13-18(8-9-29-22)27(2,3)4)14-20(16)21-12-17-15-31-26(28-5)33-23(17)34-11-10-30-24(21)34/h6-9,12-15,30H,10-11H2,1-5H3,(H,32,35). The number of aromatic nitrogens is 4. The summed E-state index contributed by atoms with van der Waals surface area (Å²) in [7, 11) is 1.69. The lowest BCUT2D eigenvalue weighted by molar-refractivity contribution is 0.102. The Balaban J connectivity index is 1.54. The molecule has 1 aromatic carbocycles. The van der Waals surface area contributed by atoms with Crippen molar-refractivity contribution in [2.24, 2.45) is 4.99 Å². The van der Waals surface area contributed by atoms with E-state index < -0.39 is 0 Å². The van der Waals surface area contributed by atoms with E-state index in [1.807, 2.05) is 36.5 Å². The van der Waals surface area contributed by atoms with Crippen LogP contribution in [0.15, 0.2) is 53.8 Å². The molecule has 35 heavy (non-hydrogen) atoms. The summed E-state index contributed by atoms with van der Waals surface area (Å²) in [4.78, 5) is 30.4. The molecule has 0 spiro atoms. The first-order valence-electron chi connectivity index (χ1n) is 11.7. The van der Waals surface area contributed by atoms with Crippen LogP contribution in [0, 0.1) is 6.92 Å². The summed E-state index contributed by atoms with van der Waals surface area (Å²) in [5.74, 6) is 1.63. The quantitative estimate of drug-likeness (QED) is 0.469. The van der Waals surface area contributed by atoms with E-state index in [-0.39, 0.29) is 11.3 Å². The Bertz CT molecular complexity index is 1480. The summed E-state index contributed by atoms with van der Waals surface area (Å²) < 4.78 is 2.17. The average Bonchev–Trinajstić information content (AvgIpc) is 3.34. The van der Waals surface area contributed by atoms with E-state index in [9.17, 15) is 4.79 Å². The van der Waals surface area contributed by atoms with Crippen molar-refractivity contribution >= 4 is 17.4 Å². The van der Waals surface area contributed by atoms with E-state index in [0.29, 0.717) is 17.0 Å². The van der Waals surface area contributed by atoms with E-state index in [0.717, 1.165) is 52.5 Å². The van der Waals surface area contributed by atoms with Gasteiger partial charge in [0, 0.05) is 49.3 Å². The predicted molar refractivity (Wildman–Crippen MR) is 138 cm³/mol. The van der Waals surface area contributed by atoms with Crippen LogP contribution in [0.3, 0.4) is 0 Å². The number of carbonyl (C=O) groups is 1. The molecule has 8 heteroatoms. The smallest absolute Gasteiger partial charge is 0.274 e. The normalized spacial score (nSPS) is 13.6. The molecule has 0 atom stereocenters. The van der Waals surface area contributed by atoms with Gasteiger partial charge >= 0.3 is 0 Å². The third-order valence-electron chi connectivity index (χ3n) is 6.34. The van der Waals surface area contributed by atoms with Gasteiger partial charge < -0.3 is 15.2 Å². The number of hydrogen-bond acceptors (Lipinski definition) is 6. The number of amides is 1. The van der Waals surface area contributed by atoms with Crippen LogP contribution in [0.4, 0.5) is 11.5 Å². The Labute approximate surface area is 204 Å². The van der Waals surface area contributed by atoms with Gasteiger partial charge in [0.15, 0.2) is 0 Å². The number of nitrogens with one attached hydrogen (secondary N) is 2. The summed E-state index contributed by atoms with van der Waals surface area (Å²) >= 11 is 0. The molecule has 2 N–H and O–H groups in total. The molecule has 0 bridgehead atoms. The predicted octanol–water partition coefficient (Wildman–Crippen LogP) is 4.26. The molecule has 5 rings (SSSR count). The van der Waals surface area contributed by atoms with Gasteiger partial charge in [0.25, 0.3) is 5.91 Å². The maximum absolute atomic E-state index is 13.0. The SMILES string of the molecule is CN=c1ncc2cc(-c3cc(NC(=O)c4cc(C(C)(C)C)ccn4)ccc3C)c3n(c-2n1)CCN3. The number of nitrogens with zero attached hydrogens (tertiary/aromatic N) is 5. The third-order valence-corrected chi connectivity index (χ3v) is 6.34. The van der Waals surface area contributed by atoms with Crippen molar-refractivity contribution in [3.63, 3.8) is 0 Å². The lowest BCUT2D eigenvalue weighted by atomic mass is 9.87. The molecular formula is C27H29N7O. The Morgan fingerprint density at radius 1 is 1.11 bits per heavy atom. The van der Waals surface area contributed by atoms with Crippen molar-refractivity contribution in [2.45, 2.75) is 39.7 Å². The summed E-state index contributed by atoms with van der Waals surface area (Å²) in [5.41, 5.74) is 6.71. The third kappa shape index (κ3) is 4.27. The minimum absolute atomic E-state index is 0.0637. The van der Waals surface area contributed by atoms with E-state index >= 15 is 0 Å². The molecule has 0 saturated carbocycles. The highest BCUT2D eigenvalue weighted by molar-refractivity contribution is 6.03. The van der Waals surface area contributed by atoms with Gasteiger partial charge in [-0.25, -0.2) is 4.98 Å². The molecule has 1 aromatic heterocycles. The maximum atomic E-state index is 13.0. The van der Waals surface area contributed by atoms with Crippen LogP contribution in [-0.2, 0) is 12.0 Å². The van der Waals surface area contributed by atoms with Gasteiger partial charge in [-0.05, 0) is 59.4 Å². The van der Waals surface area contributed by atoms with Crippen LogP contribution in [0.25, 0.3) is 22.5 Å². The summed E-state index contributed by atoms with van der Waals surface area (Å²) in [6.45, 7) is 10.1. The second-order valence-corrected chi connectivity index (χ2v) is 9.82. The zero-order chi connectivity index (χ0) is 24.7. The van der Waals surface area contributed by atoms with Crippen LogP contribution in [-0.4, -0.2) is 39.0 Å². The number of benzene rings is 1. The van der Waals surface area contributed by atoms with Crippen molar-refractivity contribution in [1.29, 1.82) is 0 Å². The van der Waals surface area contributed by atoms with Gasteiger partial charge in [-0.1, -0.05) is 26.8 Å². The number of fused-ring (bicyclic) bond motifs is 3. The van der Waals surface area contributed by atoms with Crippen molar-refractivity contribution in [3.8, 4) is 22.5 Å². The average molecular weight is 468 g/mol. The minimum Gasteiger partial charge on any atom is -0.369 e. The molecule has 2 aromatic rings. The monoisotopic (exact) mass is 467 g/mol. The number of hydrogen-bond donors (Lipinski definition) is 2. The van der Waals surface area contributed by atoms with E-state index in [4.69, 9.17) is 0 Å². The molecule has 0 saturated heterocycles. The van der Waals surface area contributed by atoms with Crippen molar-refractivity contribution < 1.29 is 4.79 Å². The second kappa shape index (κ2) is 8.61. The zero-order valence-electron chi connectivity index (χ0n) is 20.7. The highest BCUT2D eigenvalue weighted by Gasteiger charge is 2.23. The number of rotatable bonds is 3. The van der Waals surface area contributed by atoms with Crippen LogP contribution < -0.4 is 16.3 Å². The van der Waals surface area contributed by atoms with Gasteiger partial charge in [0.2, 0.25) is 5.62 Å². The zero-order valence-corrected chi connectivity index (χ0v) is 20.7. The summed E-state index contributed by atoms with van der Waals surface area (Å²) in [6, 6.07) is 11.9. The van der Waals surface area contributed by atoms with Crippen molar-refractivity contribution in [1.82, 2.24) is 19.5 Å². The molecule has 1 amide bonds. The second-order valence-electron chi connectivity index (χ2n) is 9.82. The van der Waals surface area contributed by atoms with E-state index in [1.54, 1.807) is 13.2 Å². The van der Waals surface area contributed by atoms with Gasteiger partial charge in [-0.15, -0.1) is 0 Å². The highest BCUT2D eigenvalue weighted by atomic mass is 16.1.